The molecule has 4 saturated carbocycles. The van der Waals surface area contributed by atoms with Gasteiger partial charge in [-0.1, -0.05) is 25.2 Å². The highest BCUT2D eigenvalue weighted by molar-refractivity contribution is 5.36. The van der Waals surface area contributed by atoms with Gasteiger partial charge in [-0.05, 0) is 73.2 Å². The normalized spacial score (nSPS) is 53.4. The molecule has 0 saturated heterocycles. The maximum absolute atomic E-state index is 2.55. The summed E-state index contributed by atoms with van der Waals surface area (Å²) in [6.07, 6.45) is 16.6. The van der Waals surface area contributed by atoms with Crippen LogP contribution in [0.15, 0.2) is 23.8 Å². The molecule has 0 N–H and O–H groups in total. The maximum Gasteiger partial charge on any atom is -0.00421 e. The minimum absolute atomic E-state index is 0.635. The van der Waals surface area contributed by atoms with Gasteiger partial charge in [-0.15, -0.1) is 0 Å². The fraction of sp³-hybridized carbons (Fsp3) is 0.750. The standard InChI is InChI=1S/C16H22/c1-11-2-3-15(4-11)16-8-12-5-13(9-16)7-14(6-12)10-16/h2-4,11-14H,5-10H2,1H3. The molecule has 0 radical (unpaired) electrons. The Labute approximate surface area is 98.8 Å². The Morgan fingerprint density at radius 3 is 2.00 bits per heavy atom. The predicted molar refractivity (Wildman–Crippen MR) is 67.0 cm³/mol. The third-order valence-corrected chi connectivity index (χ3v) is 5.67. The van der Waals surface area contributed by atoms with Crippen molar-refractivity contribution in [2.24, 2.45) is 29.1 Å². The highest BCUT2D eigenvalue weighted by Crippen LogP contribution is 2.63. The van der Waals surface area contributed by atoms with E-state index in [4.69, 9.17) is 0 Å². The Balaban J connectivity index is 1.72. The molecular weight excluding hydrogens is 192 g/mol. The van der Waals surface area contributed by atoms with Crippen LogP contribution < -0.4 is 0 Å². The molecule has 0 nitrogen and oxygen atoms in total. The first-order valence-electron chi connectivity index (χ1n) is 7.14. The summed E-state index contributed by atoms with van der Waals surface area (Å²) < 4.78 is 0. The third-order valence-electron chi connectivity index (χ3n) is 5.67. The lowest BCUT2D eigenvalue weighted by atomic mass is 9.48. The van der Waals surface area contributed by atoms with Gasteiger partial charge < -0.3 is 0 Å². The third kappa shape index (κ3) is 1.22. The van der Waals surface area contributed by atoms with Crippen LogP contribution in [0.5, 0.6) is 0 Å². The lowest BCUT2D eigenvalue weighted by Gasteiger charge is -2.57. The minimum Gasteiger partial charge on any atom is -0.0776 e. The van der Waals surface area contributed by atoms with E-state index < -0.39 is 0 Å². The van der Waals surface area contributed by atoms with Crippen LogP contribution in [-0.4, -0.2) is 0 Å². The molecule has 5 aliphatic carbocycles. The Morgan fingerprint density at radius 2 is 1.56 bits per heavy atom. The van der Waals surface area contributed by atoms with E-state index in [2.05, 4.69) is 25.2 Å². The molecule has 5 rings (SSSR count). The maximum atomic E-state index is 2.55. The topological polar surface area (TPSA) is 0 Å². The quantitative estimate of drug-likeness (QED) is 0.609. The molecule has 0 heteroatoms. The zero-order valence-corrected chi connectivity index (χ0v) is 10.3. The molecule has 16 heavy (non-hydrogen) atoms. The van der Waals surface area contributed by atoms with Gasteiger partial charge in [-0.3, -0.25) is 0 Å². The van der Waals surface area contributed by atoms with Gasteiger partial charge in [0.05, 0.1) is 0 Å². The predicted octanol–water partition coefficient (Wildman–Crippen LogP) is 4.34. The first-order chi connectivity index (χ1) is 7.73. The first-order valence-corrected chi connectivity index (χ1v) is 7.14. The van der Waals surface area contributed by atoms with Gasteiger partial charge in [-0.2, -0.15) is 0 Å². The van der Waals surface area contributed by atoms with Gasteiger partial charge >= 0.3 is 0 Å². The van der Waals surface area contributed by atoms with E-state index in [0.717, 1.165) is 17.8 Å². The van der Waals surface area contributed by atoms with Crippen LogP contribution in [0.4, 0.5) is 0 Å². The molecule has 1 unspecified atom stereocenters. The Hall–Kier alpha value is -0.520. The number of allylic oxidation sites excluding steroid dienone is 4. The molecule has 0 heterocycles. The number of hydrogen-bond acceptors (Lipinski definition) is 0. The lowest BCUT2D eigenvalue weighted by molar-refractivity contribution is -0.0285. The highest BCUT2D eigenvalue weighted by Gasteiger charge is 2.52. The molecule has 0 aromatic carbocycles. The van der Waals surface area contributed by atoms with E-state index in [0.29, 0.717) is 11.3 Å². The van der Waals surface area contributed by atoms with Gasteiger partial charge in [-0.25, -0.2) is 0 Å². The van der Waals surface area contributed by atoms with Crippen LogP contribution in [0, 0.1) is 29.1 Å². The van der Waals surface area contributed by atoms with Crippen LogP contribution in [0.25, 0.3) is 0 Å². The molecule has 1 atom stereocenters. The highest BCUT2D eigenvalue weighted by atomic mass is 14.6. The van der Waals surface area contributed by atoms with Crippen molar-refractivity contribution < 1.29 is 0 Å². The van der Waals surface area contributed by atoms with Crippen molar-refractivity contribution in [2.45, 2.75) is 45.4 Å². The van der Waals surface area contributed by atoms with Crippen LogP contribution >= 0.6 is 0 Å². The summed E-state index contributed by atoms with van der Waals surface area (Å²) >= 11 is 0. The summed E-state index contributed by atoms with van der Waals surface area (Å²) in [4.78, 5) is 0. The van der Waals surface area contributed by atoms with E-state index in [1.54, 1.807) is 24.8 Å². The average molecular weight is 214 g/mol. The summed E-state index contributed by atoms with van der Waals surface area (Å²) in [5, 5.41) is 0. The van der Waals surface area contributed by atoms with Gasteiger partial charge in [0.2, 0.25) is 0 Å². The second-order valence-corrected chi connectivity index (χ2v) is 7.04. The second kappa shape index (κ2) is 3.03. The monoisotopic (exact) mass is 214 g/mol. The van der Waals surface area contributed by atoms with E-state index in [9.17, 15) is 0 Å². The number of hydrogen-bond donors (Lipinski definition) is 0. The molecule has 5 aliphatic rings. The Kier molecular flexibility index (Phi) is 1.80. The molecular formula is C16H22. The van der Waals surface area contributed by atoms with Gasteiger partial charge in [0, 0.05) is 0 Å². The SMILES string of the molecule is CC1C=CC(C23CC4CC(CC(C4)C2)C3)=C1. The van der Waals surface area contributed by atoms with Crippen molar-refractivity contribution in [3.8, 4) is 0 Å². The second-order valence-electron chi connectivity index (χ2n) is 7.04. The fourth-order valence-corrected chi connectivity index (χ4v) is 5.47. The first kappa shape index (κ1) is 9.50. The minimum atomic E-state index is 0.635. The molecule has 0 aromatic heterocycles. The van der Waals surface area contributed by atoms with Gasteiger partial charge in [0.1, 0.15) is 0 Å². The summed E-state index contributed by atoms with van der Waals surface area (Å²) in [6, 6.07) is 0. The Morgan fingerprint density at radius 1 is 1.00 bits per heavy atom. The van der Waals surface area contributed by atoms with Crippen LogP contribution in [0.2, 0.25) is 0 Å². The Bertz CT molecular complexity index is 336. The molecule has 0 aromatic rings. The lowest BCUT2D eigenvalue weighted by Crippen LogP contribution is -2.46. The van der Waals surface area contributed by atoms with Crippen LogP contribution in [0.3, 0.4) is 0 Å². The smallest absolute Gasteiger partial charge is 0.00421 e. The average Bonchev–Trinajstić information content (AvgIpc) is 2.63. The summed E-state index contributed by atoms with van der Waals surface area (Å²) in [5.41, 5.74) is 2.36. The largest absolute Gasteiger partial charge is 0.0776 e. The summed E-state index contributed by atoms with van der Waals surface area (Å²) in [5.74, 6) is 3.94. The van der Waals surface area contributed by atoms with Crippen LogP contribution in [-0.2, 0) is 0 Å². The van der Waals surface area contributed by atoms with Crippen molar-refractivity contribution in [3.05, 3.63) is 23.8 Å². The van der Waals surface area contributed by atoms with E-state index in [1.807, 2.05) is 0 Å². The molecule has 0 aliphatic heterocycles. The van der Waals surface area contributed by atoms with Crippen molar-refractivity contribution in [1.29, 1.82) is 0 Å². The summed E-state index contributed by atoms with van der Waals surface area (Å²) in [6.45, 7) is 2.32. The number of rotatable bonds is 1. The fourth-order valence-electron chi connectivity index (χ4n) is 5.47. The summed E-state index contributed by atoms with van der Waals surface area (Å²) in [7, 11) is 0. The van der Waals surface area contributed by atoms with E-state index in [1.165, 1.54) is 19.3 Å². The molecule has 86 valence electrons. The molecule has 4 bridgehead atoms. The zero-order chi connectivity index (χ0) is 10.8. The van der Waals surface area contributed by atoms with Crippen molar-refractivity contribution in [3.63, 3.8) is 0 Å². The molecule has 4 fully saturated rings. The van der Waals surface area contributed by atoms with Crippen molar-refractivity contribution >= 4 is 0 Å². The van der Waals surface area contributed by atoms with E-state index >= 15 is 0 Å². The van der Waals surface area contributed by atoms with E-state index in [-0.39, 0.29) is 0 Å². The molecule has 0 spiro atoms. The van der Waals surface area contributed by atoms with Crippen molar-refractivity contribution in [2.75, 3.05) is 0 Å². The van der Waals surface area contributed by atoms with Crippen LogP contribution in [0.1, 0.15) is 45.4 Å². The van der Waals surface area contributed by atoms with Gasteiger partial charge in [0.25, 0.3) is 0 Å². The van der Waals surface area contributed by atoms with Crippen molar-refractivity contribution in [1.82, 2.24) is 0 Å². The zero-order valence-electron chi connectivity index (χ0n) is 10.3. The molecule has 0 amide bonds. The van der Waals surface area contributed by atoms with Gasteiger partial charge in [0.15, 0.2) is 0 Å².